The molecule has 0 aromatic heterocycles. The normalized spacial score (nSPS) is 18.1. The van der Waals surface area contributed by atoms with E-state index in [2.05, 4.69) is 0 Å². The third-order valence-electron chi connectivity index (χ3n) is 6.02. The fraction of sp³-hybridized carbons (Fsp3) is 0.292. The van der Waals surface area contributed by atoms with E-state index >= 15 is 0 Å². The van der Waals surface area contributed by atoms with Gasteiger partial charge < -0.3 is 15.7 Å². The Kier molecular flexibility index (Phi) is 8.24. The predicted molar refractivity (Wildman–Crippen MR) is 131 cm³/mol. The largest absolute Gasteiger partial charge is 0.481 e. The minimum Gasteiger partial charge on any atom is -0.481 e. The molecule has 11 heteroatoms. The first-order valence-electron chi connectivity index (χ1n) is 10.7. The molecule has 0 bridgehead atoms. The van der Waals surface area contributed by atoms with Crippen LogP contribution in [0.3, 0.4) is 0 Å². The number of nitrogens with one attached hydrogen (secondary N) is 1. The lowest BCUT2D eigenvalue weighted by Gasteiger charge is -2.35. The number of likely N-dealkylation sites (N-methyl/N-ethyl adjacent to an activating group) is 1. The first-order chi connectivity index (χ1) is 16.0. The molecule has 0 spiro atoms. The van der Waals surface area contributed by atoms with E-state index in [0.717, 1.165) is 10.0 Å². The Morgan fingerprint density at radius 3 is 2.14 bits per heavy atom. The summed E-state index contributed by atoms with van der Waals surface area (Å²) in [5.74, 6) is -2.66. The maximum Gasteiger partial charge on any atom is 0.347 e. The molecule has 2 unspecified atom stereocenters. The number of benzene rings is 2. The third kappa shape index (κ3) is 4.83. The van der Waals surface area contributed by atoms with Crippen LogP contribution in [0, 0.1) is 5.41 Å². The lowest BCUT2D eigenvalue weighted by molar-refractivity contribution is -0.162. The minimum atomic E-state index is -1.46. The van der Waals surface area contributed by atoms with Gasteiger partial charge in [0.25, 0.3) is 5.91 Å². The number of carboxylic acid groups (broad SMARTS) is 1. The number of hydrogen-bond acceptors (Lipinski definition) is 5. The van der Waals surface area contributed by atoms with Gasteiger partial charge in [-0.3, -0.25) is 19.8 Å². The molecule has 0 radical (unpaired) electrons. The molecule has 1 aliphatic rings. The number of nitrogen functional groups attached to an aromatic ring is 1. The number of nitrogens with two attached hydrogens (primary N) is 1. The molecule has 1 aliphatic heterocycles. The number of hydrazine groups is 1. The van der Waals surface area contributed by atoms with Crippen LogP contribution in [0.1, 0.15) is 49.9 Å². The van der Waals surface area contributed by atoms with Gasteiger partial charge in [-0.25, -0.2) is 9.80 Å². The molecule has 10 nitrogen and oxygen atoms in total. The van der Waals surface area contributed by atoms with Gasteiger partial charge in [0.2, 0.25) is 5.91 Å². The Bertz CT molecular complexity index is 1140. The number of urea groups is 1. The quantitative estimate of drug-likeness (QED) is 0.288. The first-order valence-corrected chi connectivity index (χ1v) is 10.7. The highest BCUT2D eigenvalue weighted by Crippen LogP contribution is 2.40. The number of amides is 4. The third-order valence-corrected chi connectivity index (χ3v) is 6.02. The summed E-state index contributed by atoms with van der Waals surface area (Å²) in [5, 5.41) is 18.8. The molecule has 2 aromatic carbocycles. The van der Waals surface area contributed by atoms with Crippen molar-refractivity contribution in [2.75, 3.05) is 6.54 Å². The van der Waals surface area contributed by atoms with Crippen LogP contribution in [0.15, 0.2) is 54.6 Å². The molecule has 4 amide bonds. The SMILES string of the molecule is CCN1C(=O)N(N(C(C)=O)C(CC(=O)O)c2ccccc2)C(=O)C1(C)c1ccc(C(=N)N)cc1.Cl. The van der Waals surface area contributed by atoms with Gasteiger partial charge in [0, 0.05) is 19.0 Å². The van der Waals surface area contributed by atoms with Crippen molar-refractivity contribution >= 4 is 42.1 Å². The summed E-state index contributed by atoms with van der Waals surface area (Å²) in [6.07, 6.45) is -0.503. The molecule has 2 aromatic rings. The molecule has 3 rings (SSSR count). The van der Waals surface area contributed by atoms with Crippen molar-refractivity contribution in [3.63, 3.8) is 0 Å². The number of carbonyl (C=O) groups excluding carboxylic acids is 3. The Morgan fingerprint density at radius 2 is 1.69 bits per heavy atom. The Morgan fingerprint density at radius 1 is 1.11 bits per heavy atom. The van der Waals surface area contributed by atoms with Gasteiger partial charge in [0.1, 0.15) is 11.4 Å². The molecule has 1 saturated heterocycles. The zero-order chi connectivity index (χ0) is 25.2. The molecule has 0 aliphatic carbocycles. The standard InChI is InChI=1S/C24H27N5O5.ClH/c1-4-27-23(34)29(22(33)24(27,3)18-12-10-17(11-13-18)21(25)26)28(15(2)30)19(14-20(31)32)16-8-6-5-7-9-16;/h5-13,19H,4,14H2,1-3H3,(H3,25,26)(H,31,32);1H. The Balaban J connectivity index is 0.00000432. The second kappa shape index (κ2) is 10.6. The molecule has 186 valence electrons. The van der Waals surface area contributed by atoms with E-state index in [4.69, 9.17) is 11.1 Å². The fourth-order valence-electron chi connectivity index (χ4n) is 4.30. The van der Waals surface area contributed by atoms with Gasteiger partial charge in [-0.1, -0.05) is 54.6 Å². The van der Waals surface area contributed by atoms with Gasteiger partial charge in [-0.05, 0) is 25.0 Å². The van der Waals surface area contributed by atoms with Crippen molar-refractivity contribution in [3.8, 4) is 0 Å². The van der Waals surface area contributed by atoms with Crippen LogP contribution < -0.4 is 5.73 Å². The number of halogens is 1. The molecular weight excluding hydrogens is 474 g/mol. The van der Waals surface area contributed by atoms with Gasteiger partial charge in [-0.15, -0.1) is 12.4 Å². The van der Waals surface area contributed by atoms with E-state index in [-0.39, 0.29) is 24.8 Å². The van der Waals surface area contributed by atoms with Crippen molar-refractivity contribution in [1.82, 2.24) is 14.9 Å². The number of hydrogen-bond donors (Lipinski definition) is 3. The van der Waals surface area contributed by atoms with Crippen LogP contribution in [-0.4, -0.2) is 56.2 Å². The number of nitrogens with zero attached hydrogens (tertiary/aromatic N) is 3. The van der Waals surface area contributed by atoms with Crippen LogP contribution in [0.25, 0.3) is 0 Å². The minimum absolute atomic E-state index is 0. The highest BCUT2D eigenvalue weighted by atomic mass is 35.5. The molecule has 1 fully saturated rings. The Labute approximate surface area is 209 Å². The van der Waals surface area contributed by atoms with Crippen molar-refractivity contribution in [2.24, 2.45) is 5.73 Å². The van der Waals surface area contributed by atoms with Crippen LogP contribution in [0.4, 0.5) is 4.79 Å². The summed E-state index contributed by atoms with van der Waals surface area (Å²) in [6.45, 7) is 4.63. The molecule has 2 atom stereocenters. The van der Waals surface area contributed by atoms with Crippen LogP contribution >= 0.6 is 12.4 Å². The van der Waals surface area contributed by atoms with Crippen molar-refractivity contribution in [1.29, 1.82) is 5.41 Å². The van der Waals surface area contributed by atoms with Crippen LogP contribution in [0.2, 0.25) is 0 Å². The lowest BCUT2D eigenvalue weighted by atomic mass is 9.89. The molecular formula is C24H28ClN5O5. The highest BCUT2D eigenvalue weighted by molar-refractivity contribution is 6.08. The fourth-order valence-corrected chi connectivity index (χ4v) is 4.30. The average Bonchev–Trinajstić information content (AvgIpc) is 2.99. The molecule has 1 heterocycles. The smallest absolute Gasteiger partial charge is 0.347 e. The monoisotopic (exact) mass is 501 g/mol. The maximum absolute atomic E-state index is 13.8. The van der Waals surface area contributed by atoms with Gasteiger partial charge in [0.15, 0.2) is 0 Å². The van der Waals surface area contributed by atoms with Crippen LogP contribution in [0.5, 0.6) is 0 Å². The summed E-state index contributed by atoms with van der Waals surface area (Å²) in [5.41, 5.74) is 5.47. The second-order valence-electron chi connectivity index (χ2n) is 8.09. The zero-order valence-electron chi connectivity index (χ0n) is 19.6. The summed E-state index contributed by atoms with van der Waals surface area (Å²) < 4.78 is 0. The average molecular weight is 502 g/mol. The summed E-state index contributed by atoms with van der Waals surface area (Å²) in [4.78, 5) is 53.2. The topological polar surface area (TPSA) is 148 Å². The summed E-state index contributed by atoms with van der Waals surface area (Å²) in [7, 11) is 0. The second-order valence-corrected chi connectivity index (χ2v) is 8.09. The van der Waals surface area contributed by atoms with E-state index in [1.165, 1.54) is 11.8 Å². The van der Waals surface area contributed by atoms with Crippen molar-refractivity contribution in [2.45, 2.75) is 38.8 Å². The molecule has 4 N–H and O–H groups in total. The van der Waals surface area contributed by atoms with Crippen molar-refractivity contribution < 1.29 is 24.3 Å². The number of rotatable bonds is 8. The van der Waals surface area contributed by atoms with Gasteiger partial charge in [0.05, 0.1) is 12.5 Å². The van der Waals surface area contributed by atoms with Crippen LogP contribution in [-0.2, 0) is 19.9 Å². The van der Waals surface area contributed by atoms with E-state index in [9.17, 15) is 24.3 Å². The maximum atomic E-state index is 13.8. The number of imide groups is 1. The summed E-state index contributed by atoms with van der Waals surface area (Å²) in [6, 6.07) is 13.0. The first kappa shape index (κ1) is 27.3. The summed E-state index contributed by atoms with van der Waals surface area (Å²) >= 11 is 0. The zero-order valence-corrected chi connectivity index (χ0v) is 20.4. The lowest BCUT2D eigenvalue weighted by Crippen LogP contribution is -2.52. The number of aliphatic carboxylic acids is 1. The van der Waals surface area contributed by atoms with E-state index < -0.39 is 41.8 Å². The van der Waals surface area contributed by atoms with Gasteiger partial charge in [-0.2, -0.15) is 5.01 Å². The number of amidine groups is 1. The highest BCUT2D eigenvalue weighted by Gasteiger charge is 2.58. The Hall–Kier alpha value is -3.92. The molecule has 0 saturated carbocycles. The number of carboxylic acids is 1. The van der Waals surface area contributed by atoms with E-state index in [1.54, 1.807) is 68.4 Å². The van der Waals surface area contributed by atoms with Gasteiger partial charge >= 0.3 is 12.0 Å². The molecule has 35 heavy (non-hydrogen) atoms. The van der Waals surface area contributed by atoms with E-state index in [0.29, 0.717) is 16.7 Å². The van der Waals surface area contributed by atoms with Crippen molar-refractivity contribution in [3.05, 3.63) is 71.3 Å². The van der Waals surface area contributed by atoms with E-state index in [1.807, 2.05) is 0 Å². The number of carbonyl (C=O) groups is 4. The predicted octanol–water partition coefficient (Wildman–Crippen LogP) is 2.87.